The third-order valence-electron chi connectivity index (χ3n) is 5.89. The van der Waals surface area contributed by atoms with Crippen LogP contribution in [-0.2, 0) is 6.42 Å². The highest BCUT2D eigenvalue weighted by Crippen LogP contribution is 2.38. The summed E-state index contributed by atoms with van der Waals surface area (Å²) in [4.78, 5) is 19.1. The number of aryl methyl sites for hydroxylation is 1. The first-order valence-electron chi connectivity index (χ1n) is 10.6. The minimum absolute atomic E-state index is 0.0971. The van der Waals surface area contributed by atoms with Gasteiger partial charge in [0.2, 0.25) is 0 Å². The van der Waals surface area contributed by atoms with E-state index >= 15 is 0 Å². The van der Waals surface area contributed by atoms with Gasteiger partial charge in [0.25, 0.3) is 5.69 Å². The van der Waals surface area contributed by atoms with Crippen LogP contribution in [0, 0.1) is 10.1 Å². The number of nitrogens with one attached hydrogen (secondary N) is 1. The van der Waals surface area contributed by atoms with Crippen LogP contribution < -0.4 is 0 Å². The van der Waals surface area contributed by atoms with Gasteiger partial charge in [0.1, 0.15) is 0 Å². The zero-order chi connectivity index (χ0) is 21.9. The number of rotatable bonds is 7. The molecule has 0 radical (unpaired) electrons. The van der Waals surface area contributed by atoms with Crippen molar-refractivity contribution in [3.05, 3.63) is 119 Å². The second-order valence-electron chi connectivity index (χ2n) is 7.84. The van der Waals surface area contributed by atoms with Crippen LogP contribution in [0.4, 0.5) is 5.69 Å². The Bertz CT molecular complexity index is 1350. The number of imidazole rings is 1. The van der Waals surface area contributed by atoms with E-state index in [0.29, 0.717) is 5.56 Å². The van der Waals surface area contributed by atoms with Gasteiger partial charge in [-0.2, -0.15) is 0 Å². The number of aromatic amines is 1. The molecule has 5 rings (SSSR count). The van der Waals surface area contributed by atoms with Gasteiger partial charge >= 0.3 is 0 Å². The Labute approximate surface area is 185 Å². The van der Waals surface area contributed by atoms with Crippen LogP contribution >= 0.6 is 0 Å². The lowest BCUT2D eigenvalue weighted by Gasteiger charge is -2.17. The normalized spacial score (nSPS) is 12.1. The molecule has 0 spiro atoms. The van der Waals surface area contributed by atoms with Crippen molar-refractivity contribution in [2.24, 2.45) is 0 Å². The number of aromatic nitrogens is 3. The number of hydrogen-bond acceptors (Lipinski definition) is 3. The number of nitro groups is 1. The van der Waals surface area contributed by atoms with Crippen molar-refractivity contribution in [1.82, 2.24) is 14.5 Å². The zero-order valence-electron chi connectivity index (χ0n) is 17.4. The van der Waals surface area contributed by atoms with E-state index in [0.717, 1.165) is 34.9 Å². The Balaban J connectivity index is 1.59. The van der Waals surface area contributed by atoms with E-state index in [2.05, 4.69) is 22.1 Å². The first-order valence-corrected chi connectivity index (χ1v) is 10.6. The molecule has 0 saturated heterocycles. The summed E-state index contributed by atoms with van der Waals surface area (Å²) in [6.07, 6.45) is 8.62. The highest BCUT2D eigenvalue weighted by Gasteiger charge is 2.24. The smallest absolute Gasteiger partial charge is 0.294 e. The molecule has 2 aromatic heterocycles. The number of hydrogen-bond donors (Lipinski definition) is 1. The highest BCUT2D eigenvalue weighted by atomic mass is 16.6. The van der Waals surface area contributed by atoms with Crippen molar-refractivity contribution in [1.29, 1.82) is 0 Å². The molecule has 0 bridgehead atoms. The van der Waals surface area contributed by atoms with Crippen LogP contribution in [0.5, 0.6) is 0 Å². The molecule has 158 valence electrons. The van der Waals surface area contributed by atoms with Gasteiger partial charge < -0.3 is 9.55 Å². The maximum Gasteiger partial charge on any atom is 0.294 e. The fraction of sp³-hybridized carbons (Fsp3) is 0.115. The summed E-state index contributed by atoms with van der Waals surface area (Å²) in [7, 11) is 0. The summed E-state index contributed by atoms with van der Waals surface area (Å²) >= 11 is 0. The summed E-state index contributed by atoms with van der Waals surface area (Å²) in [5.41, 5.74) is 3.74. The van der Waals surface area contributed by atoms with Crippen LogP contribution in [0.15, 0.2) is 97.7 Å². The topological polar surface area (TPSA) is 76.8 Å². The van der Waals surface area contributed by atoms with Crippen molar-refractivity contribution in [3.63, 3.8) is 0 Å². The summed E-state index contributed by atoms with van der Waals surface area (Å²) in [6.45, 7) is 0. The van der Waals surface area contributed by atoms with Crippen LogP contribution in [0.1, 0.15) is 23.7 Å². The Morgan fingerprint density at radius 2 is 1.72 bits per heavy atom. The van der Waals surface area contributed by atoms with E-state index in [1.165, 1.54) is 5.56 Å². The number of fused-ring (bicyclic) bond motifs is 1. The Hall–Kier alpha value is -4.19. The Morgan fingerprint density at radius 3 is 2.50 bits per heavy atom. The lowest BCUT2D eigenvalue weighted by molar-refractivity contribution is -0.384. The van der Waals surface area contributed by atoms with Gasteiger partial charge in [-0.25, -0.2) is 4.98 Å². The number of nitrogens with zero attached hydrogens (tertiary/aromatic N) is 3. The SMILES string of the molecule is O=[N+]([O-])c1cn(C(CCc2ccccc2)c2cnc[nH]2)cc1-c1cccc2ccccc12. The van der Waals surface area contributed by atoms with Gasteiger partial charge in [0.05, 0.1) is 40.9 Å². The minimum Gasteiger partial charge on any atom is -0.347 e. The van der Waals surface area contributed by atoms with Crippen molar-refractivity contribution >= 4 is 16.5 Å². The molecule has 0 aliphatic carbocycles. The first-order chi connectivity index (χ1) is 15.7. The van der Waals surface area contributed by atoms with Gasteiger partial charge in [-0.05, 0) is 34.7 Å². The van der Waals surface area contributed by atoms with Crippen LogP contribution in [-0.4, -0.2) is 19.5 Å². The van der Waals surface area contributed by atoms with Crippen molar-refractivity contribution in [3.8, 4) is 11.1 Å². The fourth-order valence-corrected chi connectivity index (χ4v) is 4.32. The van der Waals surface area contributed by atoms with Crippen molar-refractivity contribution < 1.29 is 4.92 Å². The molecule has 5 aromatic rings. The Kier molecular flexibility index (Phi) is 5.25. The standard InChI is InChI=1S/C26H22N4O2/c31-30(32)26-17-29(16-23(26)22-12-6-10-20-9-4-5-11-21(20)22)25(24-15-27-18-28-24)14-13-19-7-2-1-3-8-19/h1-12,15-18,25H,13-14H2,(H,27,28). The molecule has 1 unspecified atom stereocenters. The quantitative estimate of drug-likeness (QED) is 0.252. The molecule has 0 aliphatic rings. The molecule has 1 N–H and O–H groups in total. The molecule has 0 aliphatic heterocycles. The largest absolute Gasteiger partial charge is 0.347 e. The molecule has 0 saturated carbocycles. The molecule has 1 atom stereocenters. The number of H-pyrrole nitrogens is 1. The average Bonchev–Trinajstić information content (AvgIpc) is 3.51. The lowest BCUT2D eigenvalue weighted by Crippen LogP contribution is -2.10. The molecule has 0 fully saturated rings. The van der Waals surface area contributed by atoms with Crippen LogP contribution in [0.25, 0.3) is 21.9 Å². The molecular weight excluding hydrogens is 400 g/mol. The van der Waals surface area contributed by atoms with E-state index in [1.54, 1.807) is 18.7 Å². The molecule has 6 heteroatoms. The first kappa shape index (κ1) is 19.8. The second-order valence-corrected chi connectivity index (χ2v) is 7.84. The maximum absolute atomic E-state index is 12.0. The molecule has 3 aromatic carbocycles. The fourth-order valence-electron chi connectivity index (χ4n) is 4.32. The average molecular weight is 422 g/mol. The van der Waals surface area contributed by atoms with E-state index in [9.17, 15) is 10.1 Å². The van der Waals surface area contributed by atoms with Crippen molar-refractivity contribution in [2.75, 3.05) is 0 Å². The highest BCUT2D eigenvalue weighted by molar-refractivity contribution is 5.98. The minimum atomic E-state index is -0.297. The Morgan fingerprint density at radius 1 is 0.938 bits per heavy atom. The van der Waals surface area contributed by atoms with Gasteiger partial charge in [0, 0.05) is 6.20 Å². The monoisotopic (exact) mass is 422 g/mol. The van der Waals surface area contributed by atoms with Crippen molar-refractivity contribution in [2.45, 2.75) is 18.9 Å². The molecule has 6 nitrogen and oxygen atoms in total. The third-order valence-corrected chi connectivity index (χ3v) is 5.89. The second kappa shape index (κ2) is 8.51. The lowest BCUT2D eigenvalue weighted by atomic mass is 9.99. The molecular formula is C26H22N4O2. The molecule has 32 heavy (non-hydrogen) atoms. The van der Waals surface area contributed by atoms with E-state index < -0.39 is 0 Å². The zero-order valence-corrected chi connectivity index (χ0v) is 17.4. The van der Waals surface area contributed by atoms with E-state index in [1.807, 2.05) is 71.4 Å². The summed E-state index contributed by atoms with van der Waals surface area (Å²) in [5, 5.41) is 14.1. The maximum atomic E-state index is 12.0. The summed E-state index contributed by atoms with van der Waals surface area (Å²) in [5.74, 6) is 0. The van der Waals surface area contributed by atoms with Gasteiger partial charge in [-0.15, -0.1) is 0 Å². The van der Waals surface area contributed by atoms with Gasteiger partial charge in [0.15, 0.2) is 0 Å². The summed E-state index contributed by atoms with van der Waals surface area (Å²) in [6, 6.07) is 24.0. The third kappa shape index (κ3) is 3.78. The van der Waals surface area contributed by atoms with Gasteiger partial charge in [-0.1, -0.05) is 72.8 Å². The predicted molar refractivity (Wildman–Crippen MR) is 126 cm³/mol. The van der Waals surface area contributed by atoms with Crippen LogP contribution in [0.3, 0.4) is 0 Å². The summed E-state index contributed by atoms with van der Waals surface area (Å²) < 4.78 is 1.95. The van der Waals surface area contributed by atoms with Gasteiger partial charge in [-0.3, -0.25) is 10.1 Å². The van der Waals surface area contributed by atoms with Crippen LogP contribution in [0.2, 0.25) is 0 Å². The molecule has 0 amide bonds. The van der Waals surface area contributed by atoms with E-state index in [4.69, 9.17) is 0 Å². The van der Waals surface area contributed by atoms with E-state index in [-0.39, 0.29) is 16.7 Å². The molecule has 2 heterocycles. The number of benzene rings is 3. The predicted octanol–water partition coefficient (Wildman–Crippen LogP) is 6.16.